The van der Waals surface area contributed by atoms with Crippen LogP contribution in [0, 0.1) is 11.7 Å². The van der Waals surface area contributed by atoms with Crippen molar-refractivity contribution in [1.29, 1.82) is 0 Å². The van der Waals surface area contributed by atoms with E-state index in [-0.39, 0.29) is 27.9 Å². The van der Waals surface area contributed by atoms with Crippen LogP contribution in [-0.2, 0) is 0 Å². The minimum Gasteiger partial charge on any atom is -0.497 e. The van der Waals surface area contributed by atoms with Gasteiger partial charge in [-0.3, -0.25) is 14.6 Å². The summed E-state index contributed by atoms with van der Waals surface area (Å²) >= 11 is 5.93. The molecule has 0 spiro atoms. The van der Waals surface area contributed by atoms with Gasteiger partial charge in [-0.05, 0) is 85.5 Å². The number of hydrogen-bond acceptors (Lipinski definition) is 6. The van der Waals surface area contributed by atoms with Gasteiger partial charge in [0.2, 0.25) is 5.78 Å². The fourth-order valence-corrected chi connectivity index (χ4v) is 4.55. The Kier molecular flexibility index (Phi) is 7.62. The van der Waals surface area contributed by atoms with Gasteiger partial charge in [0.25, 0.3) is 0 Å². The van der Waals surface area contributed by atoms with Gasteiger partial charge in [-0.25, -0.2) is 9.18 Å². The summed E-state index contributed by atoms with van der Waals surface area (Å²) in [6, 6.07) is 17.9. The number of benzene rings is 3. The van der Waals surface area contributed by atoms with Crippen molar-refractivity contribution in [3.8, 4) is 5.75 Å². The first-order chi connectivity index (χ1) is 19.2. The van der Waals surface area contributed by atoms with Crippen LogP contribution in [0.4, 0.5) is 15.8 Å². The van der Waals surface area contributed by atoms with Crippen LogP contribution in [-0.4, -0.2) is 41.3 Å². The molecule has 1 aromatic heterocycles. The highest BCUT2D eigenvalue weighted by atomic mass is 35.5. The lowest BCUT2D eigenvalue weighted by Crippen LogP contribution is -2.21. The Bertz CT molecular complexity index is 1600. The van der Waals surface area contributed by atoms with Crippen LogP contribution in [0.3, 0.4) is 0 Å². The van der Waals surface area contributed by atoms with E-state index in [0.717, 1.165) is 12.8 Å². The highest BCUT2D eigenvalue weighted by Crippen LogP contribution is 2.36. The van der Waals surface area contributed by atoms with Gasteiger partial charge in [0.15, 0.2) is 5.78 Å². The number of aromatic nitrogens is 1. The minimum absolute atomic E-state index is 0.0433. The van der Waals surface area contributed by atoms with Crippen LogP contribution in [0.5, 0.6) is 5.75 Å². The summed E-state index contributed by atoms with van der Waals surface area (Å²) in [6.45, 7) is 0.596. The molecule has 0 saturated heterocycles. The van der Waals surface area contributed by atoms with Gasteiger partial charge in [-0.1, -0.05) is 17.7 Å². The Morgan fingerprint density at radius 3 is 2.27 bits per heavy atom. The van der Waals surface area contributed by atoms with E-state index in [4.69, 9.17) is 16.3 Å². The summed E-state index contributed by atoms with van der Waals surface area (Å²) < 4.78 is 19.8. The maximum atomic E-state index is 14.7. The number of hydrogen-bond donors (Lipinski definition) is 1. The second-order valence-corrected chi connectivity index (χ2v) is 9.94. The first-order valence-electron chi connectivity index (χ1n) is 12.5. The molecule has 1 saturated carbocycles. The molecule has 0 radical (unpaired) electrons. The SMILES string of the molecule is COc1ccc(C(=O)c2ccc(C(=O)c3ccc(N(CC4CC4)c4ccc(Cl)cc4F)cn3)cc2C(=O)O)cc1. The molecule has 0 bridgehead atoms. The molecule has 1 aliphatic rings. The number of ether oxygens (including phenoxy) is 1. The van der Waals surface area contributed by atoms with Crippen molar-refractivity contribution >= 4 is 40.5 Å². The topological polar surface area (TPSA) is 96.8 Å². The Labute approximate surface area is 234 Å². The summed E-state index contributed by atoms with van der Waals surface area (Å²) in [7, 11) is 1.50. The number of carboxylic acids is 1. The average molecular weight is 559 g/mol. The zero-order chi connectivity index (χ0) is 28.4. The first kappa shape index (κ1) is 27.0. The van der Waals surface area contributed by atoms with Crippen molar-refractivity contribution in [3.05, 3.63) is 118 Å². The van der Waals surface area contributed by atoms with Crippen LogP contribution in [0.1, 0.15) is 55.2 Å². The molecule has 7 nitrogen and oxygen atoms in total. The minimum atomic E-state index is -1.34. The van der Waals surface area contributed by atoms with E-state index < -0.39 is 23.4 Å². The Morgan fingerprint density at radius 1 is 0.950 bits per heavy atom. The highest BCUT2D eigenvalue weighted by Gasteiger charge is 2.27. The predicted octanol–water partition coefficient (Wildman–Crippen LogP) is 6.59. The molecular formula is C31H24ClFN2O5. The Balaban J connectivity index is 1.41. The van der Waals surface area contributed by atoms with Gasteiger partial charge < -0.3 is 14.7 Å². The molecule has 0 amide bonds. The molecule has 3 aromatic carbocycles. The van der Waals surface area contributed by atoms with Gasteiger partial charge in [-0.2, -0.15) is 0 Å². The largest absolute Gasteiger partial charge is 0.497 e. The van der Waals surface area contributed by atoms with Crippen molar-refractivity contribution in [1.82, 2.24) is 4.98 Å². The van der Waals surface area contributed by atoms with Gasteiger partial charge in [0.05, 0.1) is 30.2 Å². The van der Waals surface area contributed by atoms with Crippen LogP contribution in [0.2, 0.25) is 5.02 Å². The van der Waals surface area contributed by atoms with Crippen LogP contribution < -0.4 is 9.64 Å². The number of rotatable bonds is 10. The molecule has 4 aromatic rings. The van der Waals surface area contributed by atoms with E-state index >= 15 is 0 Å². The molecular weight excluding hydrogens is 535 g/mol. The lowest BCUT2D eigenvalue weighted by molar-refractivity contribution is 0.0692. The summed E-state index contributed by atoms with van der Waals surface area (Å²) in [5.41, 5.74) is 1.07. The molecule has 1 N–H and O–H groups in total. The third kappa shape index (κ3) is 5.72. The third-order valence-electron chi connectivity index (χ3n) is 6.74. The Hall–Kier alpha value is -4.56. The number of halogens is 2. The van der Waals surface area contributed by atoms with Crippen LogP contribution in [0.25, 0.3) is 0 Å². The number of carboxylic acid groups (broad SMARTS) is 1. The molecule has 1 heterocycles. The second kappa shape index (κ2) is 11.3. The monoisotopic (exact) mass is 558 g/mol. The highest BCUT2D eigenvalue weighted by molar-refractivity contribution is 6.30. The second-order valence-electron chi connectivity index (χ2n) is 9.50. The maximum Gasteiger partial charge on any atom is 0.336 e. The van der Waals surface area contributed by atoms with Crippen LogP contribution in [0.15, 0.2) is 79.0 Å². The number of pyridine rings is 1. The standard InChI is InChI=1S/C31H24ClFN2O5/c1-40-23-9-4-19(5-10-23)29(36)24-11-6-20(14-25(24)31(38)39)30(37)27-12-8-22(16-34-27)35(17-18-2-3-18)28-13-7-21(32)15-26(28)33/h4-16,18H,2-3,17H2,1H3,(H,38,39). The smallest absolute Gasteiger partial charge is 0.336 e. The van der Waals surface area contributed by atoms with Gasteiger partial charge >= 0.3 is 5.97 Å². The number of aromatic carboxylic acids is 1. The van der Waals surface area contributed by atoms with E-state index in [1.807, 2.05) is 4.90 Å². The predicted molar refractivity (Wildman–Crippen MR) is 149 cm³/mol. The summed E-state index contributed by atoms with van der Waals surface area (Å²) in [5, 5.41) is 10.1. The van der Waals surface area contributed by atoms with Gasteiger partial charge in [0.1, 0.15) is 17.3 Å². The molecule has 202 valence electrons. The third-order valence-corrected chi connectivity index (χ3v) is 6.97. The van der Waals surface area contributed by atoms with Crippen molar-refractivity contribution in [2.45, 2.75) is 12.8 Å². The van der Waals surface area contributed by atoms with Crippen molar-refractivity contribution in [3.63, 3.8) is 0 Å². The van der Waals surface area contributed by atoms with Crippen molar-refractivity contribution < 1.29 is 28.6 Å². The van der Waals surface area contributed by atoms with Gasteiger partial charge in [-0.15, -0.1) is 0 Å². The van der Waals surface area contributed by atoms with E-state index in [2.05, 4.69) is 4.98 Å². The Morgan fingerprint density at radius 2 is 1.68 bits per heavy atom. The molecule has 0 aliphatic heterocycles. The zero-order valence-corrected chi connectivity index (χ0v) is 22.2. The fourth-order valence-electron chi connectivity index (χ4n) is 4.39. The molecule has 1 aliphatic carbocycles. The van der Waals surface area contributed by atoms with Crippen molar-refractivity contribution in [2.24, 2.45) is 5.92 Å². The lowest BCUT2D eigenvalue weighted by atomic mass is 9.94. The normalized spacial score (nSPS) is 12.6. The van der Waals surface area contributed by atoms with E-state index in [1.54, 1.807) is 42.5 Å². The molecule has 40 heavy (non-hydrogen) atoms. The van der Waals surface area contributed by atoms with Crippen molar-refractivity contribution in [2.75, 3.05) is 18.6 Å². The summed E-state index contributed by atoms with van der Waals surface area (Å²) in [5.74, 6) is -1.81. The molecule has 9 heteroatoms. The van der Waals surface area contributed by atoms with E-state index in [1.165, 1.54) is 43.6 Å². The van der Waals surface area contributed by atoms with E-state index in [0.29, 0.717) is 34.6 Å². The van der Waals surface area contributed by atoms with E-state index in [9.17, 15) is 23.9 Å². The van der Waals surface area contributed by atoms with Crippen LogP contribution >= 0.6 is 11.6 Å². The number of carbonyl (C=O) groups is 3. The number of anilines is 2. The molecule has 5 rings (SSSR count). The van der Waals surface area contributed by atoms with Gasteiger partial charge in [0, 0.05) is 28.3 Å². The average Bonchev–Trinajstić information content (AvgIpc) is 3.79. The number of methoxy groups -OCH3 is 1. The molecule has 1 fully saturated rings. The molecule has 0 unspecified atom stereocenters. The fraction of sp³-hybridized carbons (Fsp3) is 0.161. The lowest BCUT2D eigenvalue weighted by Gasteiger charge is -2.25. The summed E-state index contributed by atoms with van der Waals surface area (Å²) in [4.78, 5) is 44.4. The number of ketones is 2. The quantitative estimate of drug-likeness (QED) is 0.219. The molecule has 0 atom stereocenters. The maximum absolute atomic E-state index is 14.7. The number of nitrogens with zero attached hydrogens (tertiary/aromatic N) is 2. The number of carbonyl (C=O) groups excluding carboxylic acids is 2. The summed E-state index contributed by atoms with van der Waals surface area (Å²) in [6.07, 6.45) is 3.60. The zero-order valence-electron chi connectivity index (χ0n) is 21.4. The first-order valence-corrected chi connectivity index (χ1v) is 12.9.